The summed E-state index contributed by atoms with van der Waals surface area (Å²) in [6.45, 7) is 5.86. The third kappa shape index (κ3) is 2.77. The lowest BCUT2D eigenvalue weighted by atomic mass is 9.98. The number of ether oxygens (including phenoxy) is 1. The van der Waals surface area contributed by atoms with E-state index in [2.05, 4.69) is 13.8 Å². The van der Waals surface area contributed by atoms with Crippen LogP contribution in [0.4, 0.5) is 0 Å². The minimum absolute atomic E-state index is 0.205. The molecule has 0 amide bonds. The molecule has 7 heteroatoms. The lowest BCUT2D eigenvalue weighted by Gasteiger charge is -2.30. The van der Waals surface area contributed by atoms with Crippen LogP contribution in [-0.4, -0.2) is 40.3 Å². The average molecular weight is 337 g/mol. The van der Waals surface area contributed by atoms with Crippen molar-refractivity contribution in [3.8, 4) is 0 Å². The first-order valence-electron chi connectivity index (χ1n) is 7.74. The Labute approximate surface area is 138 Å². The van der Waals surface area contributed by atoms with Crippen molar-refractivity contribution < 1.29 is 4.74 Å². The van der Waals surface area contributed by atoms with Crippen LogP contribution in [0.5, 0.6) is 0 Å². The van der Waals surface area contributed by atoms with Gasteiger partial charge < -0.3 is 9.64 Å². The van der Waals surface area contributed by atoms with Crippen molar-refractivity contribution in [2.75, 3.05) is 20.6 Å². The summed E-state index contributed by atoms with van der Waals surface area (Å²) >= 11 is 1.51. The molecule has 0 spiro atoms. The third-order valence-corrected chi connectivity index (χ3v) is 5.52. The van der Waals surface area contributed by atoms with Crippen LogP contribution in [0.25, 0.3) is 10.2 Å². The number of fused-ring (bicyclic) bond motifs is 3. The van der Waals surface area contributed by atoms with Crippen LogP contribution >= 0.6 is 11.3 Å². The zero-order valence-corrected chi connectivity index (χ0v) is 15.1. The molecule has 3 rings (SSSR count). The maximum absolute atomic E-state index is 12.6. The van der Waals surface area contributed by atoms with E-state index in [9.17, 15) is 9.59 Å². The van der Waals surface area contributed by atoms with E-state index in [1.807, 2.05) is 19.0 Å². The Morgan fingerprint density at radius 3 is 2.65 bits per heavy atom. The first-order chi connectivity index (χ1) is 10.7. The number of hydrogen-bond acceptors (Lipinski definition) is 5. The number of nitrogens with zero attached hydrogens (tertiary/aromatic N) is 3. The van der Waals surface area contributed by atoms with Crippen molar-refractivity contribution >= 4 is 21.6 Å². The fourth-order valence-electron chi connectivity index (χ4n) is 2.95. The van der Waals surface area contributed by atoms with Crippen LogP contribution in [0, 0.1) is 0 Å². The smallest absolute Gasteiger partial charge is 0.331 e. The predicted octanol–water partition coefficient (Wildman–Crippen LogP) is 1.17. The van der Waals surface area contributed by atoms with E-state index < -0.39 is 0 Å². The Morgan fingerprint density at radius 1 is 1.30 bits per heavy atom. The van der Waals surface area contributed by atoms with E-state index >= 15 is 0 Å². The molecule has 23 heavy (non-hydrogen) atoms. The van der Waals surface area contributed by atoms with Crippen LogP contribution in [0.15, 0.2) is 9.59 Å². The highest BCUT2D eigenvalue weighted by molar-refractivity contribution is 7.19. The molecule has 0 bridgehead atoms. The van der Waals surface area contributed by atoms with Gasteiger partial charge in [0, 0.05) is 37.0 Å². The lowest BCUT2D eigenvalue weighted by molar-refractivity contribution is -0.0384. The second-order valence-corrected chi connectivity index (χ2v) is 8.11. The Hall–Kier alpha value is -1.44. The van der Waals surface area contributed by atoms with E-state index in [1.165, 1.54) is 15.9 Å². The maximum Gasteiger partial charge on any atom is 0.331 e. The van der Waals surface area contributed by atoms with Gasteiger partial charge in [0.1, 0.15) is 4.70 Å². The summed E-state index contributed by atoms with van der Waals surface area (Å²) in [6.07, 6.45) is 0.771. The second kappa shape index (κ2) is 5.58. The van der Waals surface area contributed by atoms with Gasteiger partial charge in [-0.3, -0.25) is 13.9 Å². The number of likely N-dealkylation sites (N-methyl/N-ethyl adjacent to an activating group) is 1. The van der Waals surface area contributed by atoms with Gasteiger partial charge in [-0.05, 0) is 27.9 Å². The van der Waals surface area contributed by atoms with Gasteiger partial charge in [-0.1, -0.05) is 0 Å². The minimum atomic E-state index is -0.255. The van der Waals surface area contributed by atoms with Gasteiger partial charge in [0.25, 0.3) is 5.56 Å². The number of hydrogen-bond donors (Lipinski definition) is 0. The van der Waals surface area contributed by atoms with Crippen molar-refractivity contribution in [1.29, 1.82) is 0 Å². The Morgan fingerprint density at radius 2 is 2.00 bits per heavy atom. The fraction of sp³-hybridized carbons (Fsp3) is 0.625. The van der Waals surface area contributed by atoms with E-state index in [-0.39, 0.29) is 16.9 Å². The van der Waals surface area contributed by atoms with Crippen LogP contribution in [0.1, 0.15) is 24.3 Å². The second-order valence-electron chi connectivity index (χ2n) is 7.01. The van der Waals surface area contributed by atoms with Gasteiger partial charge in [-0.2, -0.15) is 0 Å². The molecule has 0 saturated carbocycles. The molecule has 0 saturated heterocycles. The van der Waals surface area contributed by atoms with E-state index in [0.717, 1.165) is 28.9 Å². The molecule has 0 unspecified atom stereocenters. The topological polar surface area (TPSA) is 56.5 Å². The lowest BCUT2D eigenvalue weighted by Crippen LogP contribution is -2.39. The van der Waals surface area contributed by atoms with Crippen molar-refractivity contribution in [2.45, 2.75) is 39.0 Å². The van der Waals surface area contributed by atoms with Gasteiger partial charge in [0.05, 0.1) is 17.7 Å². The van der Waals surface area contributed by atoms with Crippen LogP contribution in [0.2, 0.25) is 0 Å². The van der Waals surface area contributed by atoms with Gasteiger partial charge >= 0.3 is 5.69 Å². The average Bonchev–Trinajstić information content (AvgIpc) is 2.81. The Bertz CT molecular complexity index is 873. The molecule has 0 atom stereocenters. The summed E-state index contributed by atoms with van der Waals surface area (Å²) in [5, 5.41) is 0. The van der Waals surface area contributed by atoms with Crippen LogP contribution in [0.3, 0.4) is 0 Å². The summed E-state index contributed by atoms with van der Waals surface area (Å²) in [5.41, 5.74) is 1.10. The van der Waals surface area contributed by atoms with Gasteiger partial charge in [-0.25, -0.2) is 4.79 Å². The standard InChI is InChI=1S/C16H23N3O3S/c1-16(2)8-11-10(9-22-16)12-13(23-11)14(20)18(5)15(21)19(12)7-6-17(3)4/h6-9H2,1-5H3. The molecule has 6 nitrogen and oxygen atoms in total. The van der Waals surface area contributed by atoms with Gasteiger partial charge in [-0.15, -0.1) is 11.3 Å². The monoisotopic (exact) mass is 337 g/mol. The zero-order valence-electron chi connectivity index (χ0n) is 14.3. The molecule has 1 aliphatic rings. The van der Waals surface area contributed by atoms with E-state index in [1.54, 1.807) is 11.6 Å². The van der Waals surface area contributed by atoms with Gasteiger partial charge in [0.2, 0.25) is 0 Å². The molecular weight excluding hydrogens is 314 g/mol. The molecule has 0 radical (unpaired) electrons. The van der Waals surface area contributed by atoms with Crippen LogP contribution in [-0.2, 0) is 31.4 Å². The van der Waals surface area contributed by atoms with Crippen LogP contribution < -0.4 is 11.2 Å². The predicted molar refractivity (Wildman–Crippen MR) is 92.5 cm³/mol. The first-order valence-corrected chi connectivity index (χ1v) is 8.55. The van der Waals surface area contributed by atoms with Crippen molar-refractivity contribution in [1.82, 2.24) is 14.0 Å². The van der Waals surface area contributed by atoms with Crippen molar-refractivity contribution in [3.05, 3.63) is 31.3 Å². The Balaban J connectivity index is 2.27. The molecule has 126 valence electrons. The molecule has 0 N–H and O–H groups in total. The van der Waals surface area contributed by atoms with Gasteiger partial charge in [0.15, 0.2) is 0 Å². The molecule has 2 aromatic rings. The highest BCUT2D eigenvalue weighted by atomic mass is 32.1. The molecule has 1 aliphatic heterocycles. The maximum atomic E-state index is 12.6. The SMILES string of the molecule is CN(C)CCn1c(=O)n(C)c(=O)c2sc3c(c21)COC(C)(C)C3. The molecule has 0 aromatic carbocycles. The fourth-order valence-corrected chi connectivity index (χ4v) is 4.45. The highest BCUT2D eigenvalue weighted by Crippen LogP contribution is 2.37. The number of aromatic nitrogens is 2. The molecule has 2 aromatic heterocycles. The van der Waals surface area contributed by atoms with Crippen molar-refractivity contribution in [3.63, 3.8) is 0 Å². The first kappa shape index (κ1) is 16.4. The molecule has 3 heterocycles. The largest absolute Gasteiger partial charge is 0.370 e. The Kier molecular flexibility index (Phi) is 3.98. The normalized spacial score (nSPS) is 17.0. The minimum Gasteiger partial charge on any atom is -0.370 e. The summed E-state index contributed by atoms with van der Waals surface area (Å²) in [7, 11) is 5.49. The summed E-state index contributed by atoms with van der Waals surface area (Å²) < 4.78 is 9.53. The number of rotatable bonds is 3. The third-order valence-electron chi connectivity index (χ3n) is 4.31. The summed E-state index contributed by atoms with van der Waals surface area (Å²) in [5.74, 6) is 0. The zero-order chi connectivity index (χ0) is 16.9. The molecule has 0 aliphatic carbocycles. The highest BCUT2D eigenvalue weighted by Gasteiger charge is 2.31. The number of thiophene rings is 1. The molecule has 0 fully saturated rings. The van der Waals surface area contributed by atoms with E-state index in [0.29, 0.717) is 17.9 Å². The van der Waals surface area contributed by atoms with E-state index in [4.69, 9.17) is 4.74 Å². The van der Waals surface area contributed by atoms with Crippen molar-refractivity contribution in [2.24, 2.45) is 7.05 Å². The quantitative estimate of drug-likeness (QED) is 0.844. The summed E-state index contributed by atoms with van der Waals surface area (Å²) in [4.78, 5) is 28.3. The summed E-state index contributed by atoms with van der Waals surface area (Å²) in [6, 6.07) is 0. The molecular formula is C16H23N3O3S.